The van der Waals surface area contributed by atoms with Gasteiger partial charge in [-0.05, 0) is 36.2 Å². The Bertz CT molecular complexity index is 1310. The van der Waals surface area contributed by atoms with Crippen molar-refractivity contribution in [1.29, 1.82) is 0 Å². The summed E-state index contributed by atoms with van der Waals surface area (Å²) < 4.78 is 38.1. The summed E-state index contributed by atoms with van der Waals surface area (Å²) in [5.74, 6) is -1.22. The molecule has 150 valence electrons. The van der Waals surface area contributed by atoms with Crippen molar-refractivity contribution in [3.8, 4) is 11.4 Å². The van der Waals surface area contributed by atoms with E-state index in [0.717, 1.165) is 10.9 Å². The molecule has 0 unspecified atom stereocenters. The number of aliphatic carboxylic acids is 1. The molecule has 0 fully saturated rings. The molecule has 29 heavy (non-hydrogen) atoms. The third-order valence-electron chi connectivity index (χ3n) is 4.59. The van der Waals surface area contributed by atoms with E-state index in [1.54, 1.807) is 32.0 Å². The highest BCUT2D eigenvalue weighted by atomic mass is 32.2. The molecule has 4 aromatic rings. The topological polar surface area (TPSA) is 136 Å². The van der Waals surface area contributed by atoms with E-state index in [1.807, 2.05) is 6.07 Å². The van der Waals surface area contributed by atoms with Gasteiger partial charge in [-0.1, -0.05) is 19.0 Å². The molecule has 2 aromatic heterocycles. The maximum absolute atomic E-state index is 12.7. The van der Waals surface area contributed by atoms with Gasteiger partial charge in [-0.2, -0.15) is 9.71 Å². The fraction of sp³-hybridized carbons (Fsp3) is 0.211. The van der Waals surface area contributed by atoms with Crippen molar-refractivity contribution >= 4 is 37.9 Å². The van der Waals surface area contributed by atoms with Crippen LogP contribution in [0.4, 0.5) is 0 Å². The molecule has 2 heterocycles. The van der Waals surface area contributed by atoms with Gasteiger partial charge in [0.05, 0.1) is 4.90 Å². The smallest absolute Gasteiger partial charge is 0.322 e. The van der Waals surface area contributed by atoms with Crippen molar-refractivity contribution in [3.63, 3.8) is 0 Å². The van der Waals surface area contributed by atoms with Gasteiger partial charge in [0.2, 0.25) is 22.2 Å². The number of aromatic nitrogens is 2. The minimum absolute atomic E-state index is 0.0747. The van der Waals surface area contributed by atoms with Gasteiger partial charge < -0.3 is 14.0 Å². The first-order valence-corrected chi connectivity index (χ1v) is 10.2. The fourth-order valence-electron chi connectivity index (χ4n) is 3.07. The van der Waals surface area contributed by atoms with Crippen molar-refractivity contribution in [3.05, 3.63) is 42.8 Å². The van der Waals surface area contributed by atoms with Crippen LogP contribution in [0.1, 0.15) is 13.8 Å². The number of carboxylic acid groups (broad SMARTS) is 1. The molecule has 4 rings (SSSR count). The number of hydrogen-bond donors (Lipinski definition) is 2. The molecule has 0 aliphatic rings. The Balaban J connectivity index is 1.76. The summed E-state index contributed by atoms with van der Waals surface area (Å²) in [6.07, 6.45) is 1.23. The van der Waals surface area contributed by atoms with Gasteiger partial charge in [0.15, 0.2) is 0 Å². The molecule has 0 aliphatic carbocycles. The van der Waals surface area contributed by atoms with Crippen LogP contribution < -0.4 is 4.72 Å². The van der Waals surface area contributed by atoms with E-state index in [0.29, 0.717) is 22.4 Å². The largest absolute Gasteiger partial charge is 0.480 e. The molecule has 1 atom stereocenters. The average molecular weight is 415 g/mol. The van der Waals surface area contributed by atoms with Crippen molar-refractivity contribution in [2.75, 3.05) is 0 Å². The summed E-state index contributed by atoms with van der Waals surface area (Å²) in [6.45, 7) is 3.26. The monoisotopic (exact) mass is 415 g/mol. The Morgan fingerprint density at radius 3 is 2.55 bits per heavy atom. The summed E-state index contributed by atoms with van der Waals surface area (Å²) in [5.41, 5.74) is 1.67. The first-order chi connectivity index (χ1) is 13.8. The summed E-state index contributed by atoms with van der Waals surface area (Å²) in [4.78, 5) is 15.3. The van der Waals surface area contributed by atoms with Crippen LogP contribution in [0.3, 0.4) is 0 Å². The molecular weight excluding hydrogens is 398 g/mol. The zero-order chi connectivity index (χ0) is 20.8. The normalized spacial score (nSPS) is 13.3. The van der Waals surface area contributed by atoms with Crippen LogP contribution in [0.25, 0.3) is 33.3 Å². The average Bonchev–Trinajstić information content (AvgIpc) is 3.32. The highest BCUT2D eigenvalue weighted by Gasteiger charge is 2.28. The molecule has 0 saturated carbocycles. The van der Waals surface area contributed by atoms with Gasteiger partial charge in [-0.15, -0.1) is 0 Å². The lowest BCUT2D eigenvalue weighted by Crippen LogP contribution is -2.44. The van der Waals surface area contributed by atoms with Crippen molar-refractivity contribution in [1.82, 2.24) is 14.9 Å². The van der Waals surface area contributed by atoms with Gasteiger partial charge in [0.25, 0.3) is 0 Å². The van der Waals surface area contributed by atoms with Crippen molar-refractivity contribution in [2.24, 2.45) is 5.92 Å². The zero-order valence-electron chi connectivity index (χ0n) is 15.5. The Hall–Kier alpha value is -3.24. The van der Waals surface area contributed by atoms with Crippen LogP contribution in [0.5, 0.6) is 0 Å². The molecule has 9 nitrogen and oxygen atoms in total. The second kappa shape index (κ2) is 6.98. The minimum Gasteiger partial charge on any atom is -0.480 e. The van der Waals surface area contributed by atoms with Crippen molar-refractivity contribution in [2.45, 2.75) is 24.8 Å². The number of hydrogen-bond acceptors (Lipinski definition) is 7. The molecule has 0 spiro atoms. The third kappa shape index (κ3) is 3.47. The number of nitrogens with zero attached hydrogens (tertiary/aromatic N) is 2. The zero-order valence-corrected chi connectivity index (χ0v) is 16.3. The second-order valence-electron chi connectivity index (χ2n) is 6.91. The van der Waals surface area contributed by atoms with E-state index < -0.39 is 28.0 Å². The number of carbonyl (C=O) groups is 1. The number of sulfonamides is 1. The lowest BCUT2D eigenvalue weighted by molar-refractivity contribution is -0.140. The quantitative estimate of drug-likeness (QED) is 0.490. The lowest BCUT2D eigenvalue weighted by Gasteiger charge is -2.17. The maximum Gasteiger partial charge on any atom is 0.322 e. The molecule has 2 aromatic carbocycles. The van der Waals surface area contributed by atoms with E-state index in [9.17, 15) is 18.3 Å². The number of nitrogens with one attached hydrogen (secondary N) is 1. The van der Waals surface area contributed by atoms with Crippen LogP contribution in [-0.4, -0.2) is 35.7 Å². The SMILES string of the molecule is CC(C)[C@H](NS(=O)(=O)c1ccc2c(c1)oc1ccc(-c3ncon3)cc12)C(=O)O. The highest BCUT2D eigenvalue weighted by Crippen LogP contribution is 2.33. The van der Waals surface area contributed by atoms with Crippen LogP contribution in [0.2, 0.25) is 0 Å². The molecule has 0 amide bonds. The van der Waals surface area contributed by atoms with Gasteiger partial charge in [0.1, 0.15) is 17.2 Å². The minimum atomic E-state index is -4.05. The Morgan fingerprint density at radius 2 is 1.90 bits per heavy atom. The van der Waals surface area contributed by atoms with Gasteiger partial charge in [0, 0.05) is 22.4 Å². The Kier molecular flexibility index (Phi) is 4.59. The van der Waals surface area contributed by atoms with Gasteiger partial charge in [-0.25, -0.2) is 8.42 Å². The van der Waals surface area contributed by atoms with E-state index in [2.05, 4.69) is 14.9 Å². The standard InChI is InChI=1S/C19H17N3O6S/c1-10(2)17(19(23)24)22-29(25,26)12-4-5-13-14-7-11(18-20-9-27-21-18)3-6-15(14)28-16(13)8-12/h3-10,17,22H,1-2H3,(H,23,24)/t17-/m0/s1. The lowest BCUT2D eigenvalue weighted by atomic mass is 10.1. The van der Waals surface area contributed by atoms with E-state index in [4.69, 9.17) is 8.94 Å². The molecule has 2 N–H and O–H groups in total. The second-order valence-corrected chi connectivity index (χ2v) is 8.62. The van der Waals surface area contributed by atoms with Crippen LogP contribution >= 0.6 is 0 Å². The molecule has 0 bridgehead atoms. The number of carboxylic acids is 1. The van der Waals surface area contributed by atoms with E-state index in [1.165, 1.54) is 18.5 Å². The number of furan rings is 1. The Labute approximate surface area is 165 Å². The molecule has 10 heteroatoms. The molecule has 0 aliphatic heterocycles. The predicted molar refractivity (Wildman–Crippen MR) is 104 cm³/mol. The van der Waals surface area contributed by atoms with Gasteiger partial charge >= 0.3 is 5.97 Å². The predicted octanol–water partition coefficient (Wildman–Crippen LogP) is 3.02. The fourth-order valence-corrected chi connectivity index (χ4v) is 4.42. The third-order valence-corrected chi connectivity index (χ3v) is 6.03. The van der Waals surface area contributed by atoms with Gasteiger partial charge in [-0.3, -0.25) is 4.79 Å². The Morgan fingerprint density at radius 1 is 1.10 bits per heavy atom. The van der Waals surface area contributed by atoms with Crippen molar-refractivity contribution < 1.29 is 27.3 Å². The number of benzene rings is 2. The van der Waals surface area contributed by atoms with E-state index >= 15 is 0 Å². The summed E-state index contributed by atoms with van der Waals surface area (Å²) in [6, 6.07) is 8.54. The highest BCUT2D eigenvalue weighted by molar-refractivity contribution is 7.89. The first kappa shape index (κ1) is 19.1. The first-order valence-electron chi connectivity index (χ1n) is 8.74. The summed E-state index contributed by atoms with van der Waals surface area (Å²) in [7, 11) is -4.05. The maximum atomic E-state index is 12.7. The van der Waals surface area contributed by atoms with Crippen LogP contribution in [-0.2, 0) is 14.8 Å². The summed E-state index contributed by atoms with van der Waals surface area (Å²) in [5, 5.41) is 14.6. The number of rotatable bonds is 6. The molecular formula is C19H17N3O6S. The van der Waals surface area contributed by atoms with E-state index in [-0.39, 0.29) is 4.90 Å². The molecule has 0 saturated heterocycles. The van der Waals surface area contributed by atoms with Crippen LogP contribution in [0, 0.1) is 5.92 Å². The summed E-state index contributed by atoms with van der Waals surface area (Å²) >= 11 is 0. The van der Waals surface area contributed by atoms with Crippen LogP contribution in [0.15, 0.2) is 56.6 Å². The number of fused-ring (bicyclic) bond motifs is 3. The molecule has 0 radical (unpaired) electrons.